The van der Waals surface area contributed by atoms with E-state index in [1.807, 2.05) is 32.6 Å². The average molecular weight is 342 g/mol. The van der Waals surface area contributed by atoms with Gasteiger partial charge < -0.3 is 14.4 Å². The summed E-state index contributed by atoms with van der Waals surface area (Å²) in [5.41, 5.74) is -0.552. The van der Waals surface area contributed by atoms with Crippen LogP contribution >= 0.6 is 0 Å². The van der Waals surface area contributed by atoms with Crippen LogP contribution in [0.1, 0.15) is 48.0 Å². The van der Waals surface area contributed by atoms with Gasteiger partial charge in [-0.25, -0.2) is 9.59 Å². The first-order valence-electron chi connectivity index (χ1n) is 8.53. The molecule has 0 radical (unpaired) electrons. The molecule has 0 spiro atoms. The minimum Gasteiger partial charge on any atom is -0.464 e. The molecule has 1 aliphatic heterocycles. The quantitative estimate of drug-likeness (QED) is 0.560. The highest BCUT2D eigenvalue weighted by atomic mass is 16.6. The second kappa shape index (κ2) is 8.46. The summed E-state index contributed by atoms with van der Waals surface area (Å²) in [6.45, 7) is 12.3. The second-order valence-electron chi connectivity index (χ2n) is 6.99. The van der Waals surface area contributed by atoms with Gasteiger partial charge in [0.1, 0.15) is 5.60 Å². The number of hydrogen-bond acceptors (Lipinski definition) is 6. The van der Waals surface area contributed by atoms with Gasteiger partial charge in [0.2, 0.25) is 0 Å². The number of carbonyl (C=O) groups is 3. The molecule has 138 valence electrons. The van der Waals surface area contributed by atoms with Crippen LogP contribution in [0.2, 0.25) is 0 Å². The Morgan fingerprint density at radius 3 is 2.25 bits per heavy atom. The molecule has 1 aliphatic rings. The molecule has 1 heterocycles. The van der Waals surface area contributed by atoms with E-state index >= 15 is 0 Å². The lowest BCUT2D eigenvalue weighted by Crippen LogP contribution is -2.61. The molecule has 1 rings (SSSR count). The maximum Gasteiger partial charge on any atom is 0.410 e. The number of carbonyl (C=O) groups excluding carboxylic acids is 3. The van der Waals surface area contributed by atoms with Crippen LogP contribution in [0.3, 0.4) is 0 Å². The minimum absolute atomic E-state index is 0.142. The zero-order chi connectivity index (χ0) is 18.5. The monoisotopic (exact) mass is 342 g/mol. The van der Waals surface area contributed by atoms with Crippen LogP contribution in [0.4, 0.5) is 4.79 Å². The van der Waals surface area contributed by atoms with Crippen molar-refractivity contribution < 1.29 is 23.9 Å². The van der Waals surface area contributed by atoms with Gasteiger partial charge >= 0.3 is 12.1 Å². The number of Topliss-reactive ketones (excluding diaryl/α,β-unsaturated/α-hetero) is 1. The molecule has 1 fully saturated rings. The molecule has 0 aromatic heterocycles. The number of ether oxygens (including phenoxy) is 2. The molecule has 7 heteroatoms. The normalized spacial score (nSPS) is 20.4. The fourth-order valence-electron chi connectivity index (χ4n) is 2.71. The predicted molar refractivity (Wildman–Crippen MR) is 89.7 cm³/mol. The topological polar surface area (TPSA) is 76.2 Å². The van der Waals surface area contributed by atoms with Gasteiger partial charge in [0.05, 0.1) is 6.61 Å². The number of rotatable bonds is 5. The van der Waals surface area contributed by atoms with E-state index in [9.17, 15) is 14.4 Å². The highest BCUT2D eigenvalue weighted by Crippen LogP contribution is 2.18. The van der Waals surface area contributed by atoms with E-state index in [0.717, 1.165) is 0 Å². The SMILES string of the molecule is CCOC(=O)C(C(=O)CC)N1CCN(C(=O)OC(C)(C)C)C[C@@H]1C. The fourth-order valence-corrected chi connectivity index (χ4v) is 2.71. The van der Waals surface area contributed by atoms with Crippen molar-refractivity contribution in [3.05, 3.63) is 0 Å². The van der Waals surface area contributed by atoms with Crippen LogP contribution in [-0.4, -0.2) is 71.6 Å². The number of esters is 1. The molecule has 0 aliphatic carbocycles. The van der Waals surface area contributed by atoms with E-state index in [2.05, 4.69) is 0 Å². The predicted octanol–water partition coefficient (Wildman–Crippen LogP) is 1.84. The maximum atomic E-state index is 12.2. The van der Waals surface area contributed by atoms with E-state index in [1.165, 1.54) is 0 Å². The van der Waals surface area contributed by atoms with Crippen molar-refractivity contribution in [1.82, 2.24) is 9.80 Å². The number of amides is 1. The molecule has 1 amide bonds. The van der Waals surface area contributed by atoms with Gasteiger partial charge in [-0.05, 0) is 34.6 Å². The number of nitrogens with zero attached hydrogens (tertiary/aromatic N) is 2. The third kappa shape index (κ3) is 5.47. The summed E-state index contributed by atoms with van der Waals surface area (Å²) in [5.74, 6) is -0.673. The Hall–Kier alpha value is -1.63. The Balaban J connectivity index is 2.80. The van der Waals surface area contributed by atoms with Crippen molar-refractivity contribution in [3.8, 4) is 0 Å². The van der Waals surface area contributed by atoms with Gasteiger partial charge in [-0.1, -0.05) is 6.92 Å². The zero-order valence-corrected chi connectivity index (χ0v) is 15.6. The lowest BCUT2D eigenvalue weighted by molar-refractivity contribution is -0.155. The van der Waals surface area contributed by atoms with E-state index in [0.29, 0.717) is 19.6 Å². The molecule has 1 saturated heterocycles. The highest BCUT2D eigenvalue weighted by molar-refractivity contribution is 6.03. The Kier molecular flexibility index (Phi) is 7.20. The number of piperazine rings is 1. The molecule has 0 aromatic rings. The minimum atomic E-state index is -0.897. The molecule has 7 nitrogen and oxygen atoms in total. The zero-order valence-electron chi connectivity index (χ0n) is 15.6. The number of hydrogen-bond donors (Lipinski definition) is 0. The van der Waals surface area contributed by atoms with Crippen molar-refractivity contribution in [1.29, 1.82) is 0 Å². The van der Waals surface area contributed by atoms with Crippen LogP contribution in [-0.2, 0) is 19.1 Å². The van der Waals surface area contributed by atoms with Crippen molar-refractivity contribution in [2.75, 3.05) is 26.2 Å². The van der Waals surface area contributed by atoms with Gasteiger partial charge in [0, 0.05) is 32.1 Å². The summed E-state index contributed by atoms with van der Waals surface area (Å²) in [7, 11) is 0. The summed E-state index contributed by atoms with van der Waals surface area (Å²) in [5, 5.41) is 0. The van der Waals surface area contributed by atoms with Gasteiger partial charge in [-0.15, -0.1) is 0 Å². The van der Waals surface area contributed by atoms with Crippen LogP contribution in [0, 0.1) is 0 Å². The van der Waals surface area contributed by atoms with Crippen molar-refractivity contribution in [3.63, 3.8) is 0 Å². The van der Waals surface area contributed by atoms with Crippen LogP contribution < -0.4 is 0 Å². The van der Waals surface area contributed by atoms with E-state index in [-0.39, 0.29) is 30.9 Å². The van der Waals surface area contributed by atoms with Crippen molar-refractivity contribution in [2.24, 2.45) is 0 Å². The third-order valence-corrected chi connectivity index (χ3v) is 3.83. The standard InChI is InChI=1S/C17H30N2O5/c1-7-13(20)14(15(21)23-8-2)19-10-9-18(11-12(19)3)16(22)24-17(4,5)6/h12,14H,7-11H2,1-6H3/t12-,14?/m0/s1. The Morgan fingerprint density at radius 1 is 1.17 bits per heavy atom. The Bertz CT molecular complexity index is 472. The first-order chi connectivity index (χ1) is 11.1. The van der Waals surface area contributed by atoms with Gasteiger partial charge in [-0.3, -0.25) is 9.69 Å². The smallest absolute Gasteiger partial charge is 0.410 e. The first-order valence-corrected chi connectivity index (χ1v) is 8.53. The molecule has 24 heavy (non-hydrogen) atoms. The molecule has 1 unspecified atom stereocenters. The van der Waals surface area contributed by atoms with Crippen molar-refractivity contribution >= 4 is 17.8 Å². The highest BCUT2D eigenvalue weighted by Gasteiger charge is 2.39. The first kappa shape index (κ1) is 20.4. The summed E-state index contributed by atoms with van der Waals surface area (Å²) >= 11 is 0. The summed E-state index contributed by atoms with van der Waals surface area (Å²) in [6, 6.07) is -1.04. The maximum absolute atomic E-state index is 12.2. The molecule has 0 bridgehead atoms. The van der Waals surface area contributed by atoms with Crippen LogP contribution in [0.15, 0.2) is 0 Å². The lowest BCUT2D eigenvalue weighted by Gasteiger charge is -2.42. The molecule has 0 saturated carbocycles. The summed E-state index contributed by atoms with van der Waals surface area (Å²) in [6.07, 6.45) is -0.105. The second-order valence-corrected chi connectivity index (χ2v) is 6.99. The van der Waals surface area contributed by atoms with Crippen molar-refractivity contribution in [2.45, 2.75) is 65.6 Å². The third-order valence-electron chi connectivity index (χ3n) is 3.83. The van der Waals surface area contributed by atoms with E-state index < -0.39 is 17.6 Å². The summed E-state index contributed by atoms with van der Waals surface area (Å²) < 4.78 is 10.4. The average Bonchev–Trinajstić information content (AvgIpc) is 2.47. The van der Waals surface area contributed by atoms with Gasteiger partial charge in [0.25, 0.3) is 0 Å². The summed E-state index contributed by atoms with van der Waals surface area (Å²) in [4.78, 5) is 40.1. The molecular weight excluding hydrogens is 312 g/mol. The Labute approximate surface area is 144 Å². The van der Waals surface area contributed by atoms with Gasteiger partial charge in [0.15, 0.2) is 11.8 Å². The van der Waals surface area contributed by atoms with E-state index in [4.69, 9.17) is 9.47 Å². The largest absolute Gasteiger partial charge is 0.464 e. The van der Waals surface area contributed by atoms with Crippen LogP contribution in [0.25, 0.3) is 0 Å². The van der Waals surface area contributed by atoms with Gasteiger partial charge in [-0.2, -0.15) is 0 Å². The fraction of sp³-hybridized carbons (Fsp3) is 0.824. The number of ketones is 1. The lowest BCUT2D eigenvalue weighted by atomic mass is 10.0. The molecule has 0 N–H and O–H groups in total. The molecular formula is C17H30N2O5. The Morgan fingerprint density at radius 2 is 1.79 bits per heavy atom. The van der Waals surface area contributed by atoms with E-state index in [1.54, 1.807) is 18.7 Å². The van der Waals surface area contributed by atoms with Crippen LogP contribution in [0.5, 0.6) is 0 Å². The molecule has 2 atom stereocenters. The molecule has 0 aromatic carbocycles.